The van der Waals surface area contributed by atoms with Crippen LogP contribution in [0, 0.1) is 0 Å². The first-order valence-corrected chi connectivity index (χ1v) is 13.7. The third-order valence-corrected chi connectivity index (χ3v) is 7.81. The number of anilines is 1. The lowest BCUT2D eigenvalue weighted by molar-refractivity contribution is 0.177. The van der Waals surface area contributed by atoms with Gasteiger partial charge in [0.1, 0.15) is 18.2 Å². The zero-order valence-electron chi connectivity index (χ0n) is 22.0. The molecule has 2 fully saturated rings. The van der Waals surface area contributed by atoms with E-state index >= 15 is 0 Å². The van der Waals surface area contributed by atoms with Crippen LogP contribution in [0.2, 0.25) is 0 Å². The second-order valence-corrected chi connectivity index (χ2v) is 10.6. The average Bonchev–Trinajstić information content (AvgIpc) is 2.92. The van der Waals surface area contributed by atoms with Crippen molar-refractivity contribution in [3.8, 4) is 11.5 Å². The van der Waals surface area contributed by atoms with Gasteiger partial charge in [0.15, 0.2) is 11.5 Å². The monoisotopic (exact) mass is 488 g/mol. The number of likely N-dealkylation sites (tertiary alicyclic amines) is 1. The number of hydrogen-bond acceptors (Lipinski definition) is 6. The first-order valence-electron chi connectivity index (χ1n) is 13.7. The summed E-state index contributed by atoms with van der Waals surface area (Å²) < 4.78 is 12.0. The maximum atomic E-state index is 6.22. The maximum absolute atomic E-state index is 6.22. The Morgan fingerprint density at radius 3 is 2.39 bits per heavy atom. The molecule has 0 unspecified atom stereocenters. The van der Waals surface area contributed by atoms with Crippen molar-refractivity contribution in [3.63, 3.8) is 0 Å². The molecular formula is C30H40N4O2. The normalized spacial score (nSPS) is 18.0. The Morgan fingerprint density at radius 2 is 1.69 bits per heavy atom. The van der Waals surface area contributed by atoms with Crippen molar-refractivity contribution < 1.29 is 9.47 Å². The summed E-state index contributed by atoms with van der Waals surface area (Å²) >= 11 is 0. The Hall–Kier alpha value is -2.86. The largest absolute Gasteiger partial charge is 0.493 e. The van der Waals surface area contributed by atoms with Crippen molar-refractivity contribution in [1.29, 1.82) is 0 Å². The van der Waals surface area contributed by atoms with E-state index in [-0.39, 0.29) is 0 Å². The topological polar surface area (TPSA) is 59.5 Å². The summed E-state index contributed by atoms with van der Waals surface area (Å²) in [6.45, 7) is 7.30. The molecule has 1 aliphatic carbocycles. The highest BCUT2D eigenvalue weighted by Gasteiger charge is 2.25. The molecule has 1 aromatic heterocycles. The number of aromatic nitrogens is 2. The minimum atomic E-state index is 0.414. The maximum Gasteiger partial charge on any atom is 0.163 e. The summed E-state index contributed by atoms with van der Waals surface area (Å²) in [6, 6.07) is 15.3. The van der Waals surface area contributed by atoms with Gasteiger partial charge in [0.25, 0.3) is 0 Å². The number of hydrogen-bond donors (Lipinski definition) is 1. The number of benzene rings is 2. The molecule has 1 saturated carbocycles. The predicted molar refractivity (Wildman–Crippen MR) is 146 cm³/mol. The molecule has 36 heavy (non-hydrogen) atoms. The van der Waals surface area contributed by atoms with Gasteiger partial charge in [-0.15, -0.1) is 0 Å². The van der Waals surface area contributed by atoms with E-state index in [1.165, 1.54) is 32.1 Å². The van der Waals surface area contributed by atoms with E-state index in [2.05, 4.69) is 36.2 Å². The van der Waals surface area contributed by atoms with E-state index in [0.29, 0.717) is 30.4 Å². The van der Waals surface area contributed by atoms with Crippen LogP contribution in [-0.4, -0.2) is 47.2 Å². The minimum Gasteiger partial charge on any atom is -0.493 e. The van der Waals surface area contributed by atoms with Crippen LogP contribution in [-0.2, 0) is 6.61 Å². The second kappa shape index (κ2) is 11.5. The van der Waals surface area contributed by atoms with Crippen LogP contribution < -0.4 is 14.8 Å². The zero-order chi connectivity index (χ0) is 24.9. The Kier molecular flexibility index (Phi) is 7.90. The molecule has 5 rings (SSSR count). The quantitative estimate of drug-likeness (QED) is 0.388. The van der Waals surface area contributed by atoms with E-state index in [1.54, 1.807) is 7.11 Å². The first kappa shape index (κ1) is 24.8. The van der Waals surface area contributed by atoms with Gasteiger partial charge < -0.3 is 19.7 Å². The molecule has 0 atom stereocenters. The van der Waals surface area contributed by atoms with Gasteiger partial charge in [-0.2, -0.15) is 0 Å². The van der Waals surface area contributed by atoms with Crippen LogP contribution in [0.5, 0.6) is 11.5 Å². The minimum absolute atomic E-state index is 0.414. The van der Waals surface area contributed by atoms with E-state index in [9.17, 15) is 0 Å². The molecule has 2 heterocycles. The number of nitrogens with one attached hydrogen (secondary N) is 1. The van der Waals surface area contributed by atoms with Gasteiger partial charge in [-0.25, -0.2) is 9.97 Å². The molecule has 0 spiro atoms. The van der Waals surface area contributed by atoms with Crippen LogP contribution in [0.25, 0.3) is 10.9 Å². The van der Waals surface area contributed by atoms with Gasteiger partial charge in [0.2, 0.25) is 0 Å². The van der Waals surface area contributed by atoms with E-state index in [0.717, 1.165) is 59.8 Å². The van der Waals surface area contributed by atoms with Crippen molar-refractivity contribution in [1.82, 2.24) is 14.9 Å². The van der Waals surface area contributed by atoms with Crippen LogP contribution in [0.15, 0.2) is 42.5 Å². The van der Waals surface area contributed by atoms with E-state index < -0.39 is 0 Å². The molecule has 1 N–H and O–H groups in total. The summed E-state index contributed by atoms with van der Waals surface area (Å²) in [5.41, 5.74) is 2.05. The van der Waals surface area contributed by atoms with Gasteiger partial charge in [-0.05, 0) is 51.2 Å². The molecular weight excluding hydrogens is 448 g/mol. The molecule has 192 valence electrons. The smallest absolute Gasteiger partial charge is 0.163 e. The van der Waals surface area contributed by atoms with Gasteiger partial charge >= 0.3 is 0 Å². The molecule has 2 aliphatic rings. The van der Waals surface area contributed by atoms with Crippen LogP contribution >= 0.6 is 0 Å². The lowest BCUT2D eigenvalue weighted by Gasteiger charge is -2.35. The van der Waals surface area contributed by atoms with Gasteiger partial charge in [-0.1, -0.05) is 49.6 Å². The number of fused-ring (bicyclic) bond motifs is 1. The summed E-state index contributed by atoms with van der Waals surface area (Å²) in [4.78, 5) is 12.8. The molecule has 1 aliphatic heterocycles. The highest BCUT2D eigenvalue weighted by molar-refractivity contribution is 5.92. The Balaban J connectivity index is 1.46. The highest BCUT2D eigenvalue weighted by atomic mass is 16.5. The van der Waals surface area contributed by atoms with Crippen LogP contribution in [0.4, 0.5) is 5.82 Å². The fourth-order valence-corrected chi connectivity index (χ4v) is 5.57. The lowest BCUT2D eigenvalue weighted by Crippen LogP contribution is -2.42. The molecule has 6 heteroatoms. The molecule has 6 nitrogen and oxygen atoms in total. The summed E-state index contributed by atoms with van der Waals surface area (Å²) in [5.74, 6) is 3.78. The molecule has 3 aromatic rings. The third kappa shape index (κ3) is 5.75. The number of piperidine rings is 1. The van der Waals surface area contributed by atoms with Gasteiger partial charge in [0.05, 0.1) is 12.6 Å². The summed E-state index contributed by atoms with van der Waals surface area (Å²) in [6.07, 6.45) is 8.43. The number of nitrogens with zero attached hydrogens (tertiary/aromatic N) is 3. The number of ether oxygens (including phenoxy) is 2. The van der Waals surface area contributed by atoms with E-state index in [4.69, 9.17) is 19.4 Å². The highest BCUT2D eigenvalue weighted by Crippen LogP contribution is 2.38. The molecule has 1 saturated heterocycles. The second-order valence-electron chi connectivity index (χ2n) is 10.6. The van der Waals surface area contributed by atoms with Crippen LogP contribution in [0.3, 0.4) is 0 Å². The average molecular weight is 489 g/mol. The van der Waals surface area contributed by atoms with Crippen molar-refractivity contribution in [2.75, 3.05) is 25.5 Å². The van der Waals surface area contributed by atoms with Crippen molar-refractivity contribution in [3.05, 3.63) is 53.9 Å². The first-order chi connectivity index (χ1) is 17.6. The molecule has 0 radical (unpaired) electrons. The summed E-state index contributed by atoms with van der Waals surface area (Å²) in [5, 5.41) is 4.82. The lowest BCUT2D eigenvalue weighted by atomic mass is 9.88. The van der Waals surface area contributed by atoms with Crippen LogP contribution in [0.1, 0.15) is 76.1 Å². The van der Waals surface area contributed by atoms with E-state index in [1.807, 2.05) is 30.3 Å². The Morgan fingerprint density at radius 1 is 0.944 bits per heavy atom. The Bertz CT molecular complexity index is 1140. The van der Waals surface area contributed by atoms with Gasteiger partial charge in [0, 0.05) is 42.5 Å². The van der Waals surface area contributed by atoms with Crippen molar-refractivity contribution >= 4 is 16.7 Å². The fourth-order valence-electron chi connectivity index (χ4n) is 5.57. The third-order valence-electron chi connectivity index (χ3n) is 7.81. The van der Waals surface area contributed by atoms with Gasteiger partial charge in [-0.3, -0.25) is 0 Å². The number of rotatable bonds is 8. The summed E-state index contributed by atoms with van der Waals surface area (Å²) in [7, 11) is 1.70. The molecule has 0 amide bonds. The van der Waals surface area contributed by atoms with Crippen molar-refractivity contribution in [2.45, 2.75) is 83.4 Å². The number of methoxy groups -OCH3 is 1. The standard InChI is InChI=1S/C30H40N4O2/c1-21(2)34-16-14-24(15-17-34)31-30-25-18-27(35-3)28(36-20-22-10-6-4-7-11-22)19-26(25)32-29(33-30)23-12-8-5-9-13-23/h4,6-7,10-11,18-19,21,23-24H,5,8-9,12-17,20H2,1-3H3,(H,31,32,33). The van der Waals surface area contributed by atoms with Crippen molar-refractivity contribution in [2.24, 2.45) is 0 Å². The SMILES string of the molecule is COc1cc2c(NC3CCN(C(C)C)CC3)nc(C3CCCCC3)nc2cc1OCc1ccccc1. The fraction of sp³-hybridized carbons (Fsp3) is 0.533. The molecule has 0 bridgehead atoms. The zero-order valence-corrected chi connectivity index (χ0v) is 22.0. The Labute approximate surface area is 215 Å². The molecule has 2 aromatic carbocycles. The predicted octanol–water partition coefficient (Wildman–Crippen LogP) is 6.55.